The number of nitrogens with zero attached hydrogens (tertiary/aromatic N) is 6. The van der Waals surface area contributed by atoms with Gasteiger partial charge in [-0.05, 0) is 46.3 Å². The van der Waals surface area contributed by atoms with Crippen LogP contribution in [0.15, 0.2) is 62.9 Å². The van der Waals surface area contributed by atoms with Gasteiger partial charge in [0.2, 0.25) is 0 Å². The number of halogens is 3. The third-order valence-corrected chi connectivity index (χ3v) is 5.62. The lowest BCUT2D eigenvalue weighted by Crippen LogP contribution is -2.22. The molecule has 14 nitrogen and oxygen atoms in total. The average molecular weight is 670 g/mol. The van der Waals surface area contributed by atoms with E-state index in [1.807, 2.05) is 0 Å². The van der Waals surface area contributed by atoms with Crippen LogP contribution in [0.4, 0.5) is 17.3 Å². The first-order chi connectivity index (χ1) is 19.4. The maximum Gasteiger partial charge on any atom is 0.339 e. The molecule has 41 heavy (non-hydrogen) atoms. The average Bonchev–Trinajstić information content (AvgIpc) is 2.95. The van der Waals surface area contributed by atoms with E-state index in [2.05, 4.69) is 50.9 Å². The first kappa shape index (κ1) is 32.9. The molecule has 0 atom stereocenters. The van der Waals surface area contributed by atoms with Crippen molar-refractivity contribution in [1.82, 2.24) is 29.5 Å². The van der Waals surface area contributed by atoms with Crippen LogP contribution < -0.4 is 22.2 Å². The fourth-order valence-electron chi connectivity index (χ4n) is 2.69. The zero-order valence-corrected chi connectivity index (χ0v) is 25.1. The number of nitrogens with two attached hydrogens (primary N) is 1. The van der Waals surface area contributed by atoms with E-state index in [4.69, 9.17) is 28.9 Å². The van der Waals surface area contributed by atoms with E-state index < -0.39 is 11.9 Å². The van der Waals surface area contributed by atoms with E-state index in [0.717, 1.165) is 4.68 Å². The van der Waals surface area contributed by atoms with Crippen LogP contribution in [0.3, 0.4) is 0 Å². The Kier molecular flexibility index (Phi) is 12.4. The smallest absolute Gasteiger partial charge is 0.339 e. The number of aromatic nitrogens is 6. The molecule has 0 aliphatic heterocycles. The third-order valence-electron chi connectivity index (χ3n) is 4.68. The van der Waals surface area contributed by atoms with Crippen molar-refractivity contribution in [1.29, 1.82) is 0 Å². The van der Waals surface area contributed by atoms with Crippen LogP contribution in [0.2, 0.25) is 10.3 Å². The number of nitrogens with one attached hydrogen (secondary N) is 1. The summed E-state index contributed by atoms with van der Waals surface area (Å²) in [5.74, 6) is -0.0981. The van der Waals surface area contributed by atoms with Crippen molar-refractivity contribution in [3.05, 3.63) is 95.4 Å². The predicted molar refractivity (Wildman–Crippen MR) is 156 cm³/mol. The van der Waals surface area contributed by atoms with E-state index in [-0.39, 0.29) is 22.0 Å². The van der Waals surface area contributed by atoms with Gasteiger partial charge < -0.3 is 20.5 Å². The molecule has 216 valence electrons. The largest absolute Gasteiger partial charge is 0.465 e. The first-order valence-electron chi connectivity index (χ1n) is 11.1. The monoisotopic (exact) mass is 668 g/mol. The molecule has 4 aromatic heterocycles. The van der Waals surface area contributed by atoms with Crippen LogP contribution in [0.1, 0.15) is 20.7 Å². The molecule has 4 aromatic rings. The number of ether oxygens (including phenoxy) is 2. The maximum atomic E-state index is 11.8. The lowest BCUT2D eigenvalue weighted by atomic mass is 10.3. The lowest BCUT2D eigenvalue weighted by Gasteiger charge is -2.07. The highest BCUT2D eigenvalue weighted by atomic mass is 79.9. The van der Waals surface area contributed by atoms with Crippen molar-refractivity contribution in [3.63, 3.8) is 0 Å². The molecule has 0 spiro atoms. The summed E-state index contributed by atoms with van der Waals surface area (Å²) in [6.45, 7) is 0. The van der Waals surface area contributed by atoms with Gasteiger partial charge in [-0.3, -0.25) is 9.59 Å². The second kappa shape index (κ2) is 15.4. The fraction of sp³-hybridized carbons (Fsp3) is 0.167. The van der Waals surface area contributed by atoms with Crippen LogP contribution in [-0.2, 0) is 23.6 Å². The van der Waals surface area contributed by atoms with Crippen LogP contribution in [0, 0.1) is 0 Å². The molecule has 4 heterocycles. The number of carbonyl (C=O) groups is 2. The molecule has 4 rings (SSSR count). The van der Waals surface area contributed by atoms with Gasteiger partial charge in [0.15, 0.2) is 10.3 Å². The Morgan fingerprint density at radius 1 is 0.854 bits per heavy atom. The summed E-state index contributed by atoms with van der Waals surface area (Å²) in [4.78, 5) is 52.6. The Morgan fingerprint density at radius 2 is 1.37 bits per heavy atom. The standard InChI is InChI=1S/C12H11ClN4O3.C7H8N2O2.C5H4BrClN2O/c1-17-11(18)8(5-9(13)16-17)15-10-4-3-7(6-14-10)12(19)20-2;1-11-7(10)5-2-3-6(8)9-4-5;1-9-5(10)3(6)2-4(7)8-9/h3-6H,1-2H3,(H,14,15);2-4H,1H3,(H2,8,9);2H,1H3. The van der Waals surface area contributed by atoms with Crippen molar-refractivity contribution in [2.45, 2.75) is 0 Å². The Bertz CT molecular complexity index is 1600. The van der Waals surface area contributed by atoms with E-state index >= 15 is 0 Å². The molecule has 0 amide bonds. The minimum absolute atomic E-state index is 0.181. The first-order valence-corrected chi connectivity index (χ1v) is 12.7. The van der Waals surface area contributed by atoms with Gasteiger partial charge >= 0.3 is 11.9 Å². The van der Waals surface area contributed by atoms with Crippen molar-refractivity contribution in [3.8, 4) is 0 Å². The van der Waals surface area contributed by atoms with E-state index in [1.54, 1.807) is 25.2 Å². The molecule has 0 saturated heterocycles. The Balaban J connectivity index is 0.000000236. The van der Waals surface area contributed by atoms with Crippen LogP contribution >= 0.6 is 39.1 Å². The van der Waals surface area contributed by atoms with Crippen LogP contribution in [0.5, 0.6) is 0 Å². The van der Waals surface area contributed by atoms with Gasteiger partial charge in [-0.15, -0.1) is 0 Å². The lowest BCUT2D eigenvalue weighted by molar-refractivity contribution is 0.0591. The van der Waals surface area contributed by atoms with Gasteiger partial charge in [0.25, 0.3) is 11.1 Å². The number of nitrogen functional groups attached to an aromatic ring is 1. The molecular formula is C24H23BrCl2N8O6. The molecule has 0 aromatic carbocycles. The summed E-state index contributed by atoms with van der Waals surface area (Å²) < 4.78 is 11.7. The number of esters is 2. The minimum Gasteiger partial charge on any atom is -0.465 e. The van der Waals surface area contributed by atoms with Crippen LogP contribution in [-0.4, -0.2) is 55.7 Å². The third kappa shape index (κ3) is 9.97. The second-order valence-corrected chi connectivity index (χ2v) is 9.19. The van der Waals surface area contributed by atoms with E-state index in [9.17, 15) is 19.2 Å². The van der Waals surface area contributed by atoms with Crippen LogP contribution in [0.25, 0.3) is 0 Å². The molecule has 0 aliphatic rings. The molecule has 0 saturated carbocycles. The van der Waals surface area contributed by atoms with Gasteiger partial charge in [0.05, 0.1) is 29.8 Å². The quantitative estimate of drug-likeness (QED) is 0.303. The zero-order valence-electron chi connectivity index (χ0n) is 22.0. The van der Waals surface area contributed by atoms with Crippen molar-refractivity contribution < 1.29 is 19.1 Å². The van der Waals surface area contributed by atoms with Gasteiger partial charge in [-0.25, -0.2) is 28.9 Å². The highest BCUT2D eigenvalue weighted by Gasteiger charge is 2.09. The molecule has 0 bridgehead atoms. The molecular weight excluding hydrogens is 647 g/mol. The summed E-state index contributed by atoms with van der Waals surface area (Å²) in [5, 5.41) is 10.7. The van der Waals surface area contributed by atoms with Gasteiger partial charge in [0, 0.05) is 32.6 Å². The molecule has 17 heteroatoms. The predicted octanol–water partition coefficient (Wildman–Crippen LogP) is 3.01. The number of carbonyl (C=O) groups excluding carboxylic acids is 2. The molecule has 0 radical (unpaired) electrons. The number of anilines is 3. The number of pyridine rings is 2. The summed E-state index contributed by atoms with van der Waals surface area (Å²) in [6.07, 6.45) is 2.72. The Labute approximate surface area is 251 Å². The summed E-state index contributed by atoms with van der Waals surface area (Å²) in [6, 6.07) is 9.07. The topological polar surface area (TPSA) is 186 Å². The number of rotatable bonds is 4. The number of methoxy groups -OCH3 is 2. The number of hydrogen-bond acceptors (Lipinski definition) is 12. The van der Waals surface area contributed by atoms with Crippen molar-refractivity contribution in [2.24, 2.45) is 14.1 Å². The number of aryl methyl sites for hydroxylation is 2. The highest BCUT2D eigenvalue weighted by Crippen LogP contribution is 2.14. The SMILES string of the molecule is COC(=O)c1ccc(N)nc1.COC(=O)c1ccc(Nc2cc(Cl)nn(C)c2=O)nc1.Cn1nc(Cl)cc(Br)c1=O. The van der Waals surface area contributed by atoms with E-state index in [1.165, 1.54) is 56.5 Å². The molecule has 3 N–H and O–H groups in total. The molecule has 0 fully saturated rings. The summed E-state index contributed by atoms with van der Waals surface area (Å²) in [5.41, 5.74) is 5.74. The number of hydrogen-bond donors (Lipinski definition) is 2. The maximum absolute atomic E-state index is 11.8. The molecule has 0 aliphatic carbocycles. The highest BCUT2D eigenvalue weighted by molar-refractivity contribution is 9.10. The summed E-state index contributed by atoms with van der Waals surface area (Å²) >= 11 is 14.3. The fourth-order valence-corrected chi connectivity index (χ4v) is 3.74. The zero-order chi connectivity index (χ0) is 30.7. The van der Waals surface area contributed by atoms with Crippen molar-refractivity contribution >= 4 is 68.4 Å². The normalized spacial score (nSPS) is 9.83. The summed E-state index contributed by atoms with van der Waals surface area (Å²) in [7, 11) is 5.64. The van der Waals surface area contributed by atoms with Gasteiger partial charge in [0.1, 0.15) is 17.3 Å². The Hall–Kier alpha value is -4.34. The van der Waals surface area contributed by atoms with Gasteiger partial charge in [-0.2, -0.15) is 10.2 Å². The van der Waals surface area contributed by atoms with Crippen molar-refractivity contribution in [2.75, 3.05) is 25.3 Å². The second-order valence-electron chi connectivity index (χ2n) is 7.57. The van der Waals surface area contributed by atoms with Gasteiger partial charge in [-0.1, -0.05) is 23.2 Å². The minimum atomic E-state index is -0.480. The van der Waals surface area contributed by atoms with E-state index in [0.29, 0.717) is 32.4 Å². The Morgan fingerprint density at radius 3 is 1.83 bits per heavy atom. The molecule has 0 unspecified atom stereocenters.